The molecule has 92 valence electrons. The Balaban J connectivity index is 0. The van der Waals surface area contributed by atoms with E-state index < -0.39 is 5.97 Å². The van der Waals surface area contributed by atoms with Gasteiger partial charge in [-0.1, -0.05) is 58.9 Å². The fourth-order valence-corrected chi connectivity index (χ4v) is 1.13. The molecule has 0 bridgehead atoms. The Bertz CT molecular complexity index is 280. The summed E-state index contributed by atoms with van der Waals surface area (Å²) in [6.45, 7) is 10.1. The molecule has 0 heterocycles. The number of aliphatic carboxylic acids is 1. The molecule has 0 radical (unpaired) electrons. The number of aryl methyl sites for hydroxylation is 1. The van der Waals surface area contributed by atoms with Gasteiger partial charge >= 0.3 is 5.97 Å². The summed E-state index contributed by atoms with van der Waals surface area (Å²) in [5.41, 5.74) is 2.07. The van der Waals surface area contributed by atoms with Crippen LogP contribution in [0.4, 0.5) is 0 Å². The first-order valence-electron chi connectivity index (χ1n) is 6.02. The molecule has 1 aromatic carbocycles. The third-order valence-electron chi connectivity index (χ3n) is 1.75. The maximum Gasteiger partial charge on any atom is 0.307 e. The van der Waals surface area contributed by atoms with Crippen molar-refractivity contribution in [2.75, 3.05) is 0 Å². The van der Waals surface area contributed by atoms with Crippen LogP contribution in [0.3, 0.4) is 0 Å². The molecule has 16 heavy (non-hydrogen) atoms. The summed E-state index contributed by atoms with van der Waals surface area (Å²) < 4.78 is 0. The SMILES string of the molecule is CC.CC.CCc1cccc(CC(=O)O)c1. The molecule has 0 aromatic heterocycles. The van der Waals surface area contributed by atoms with Crippen molar-refractivity contribution >= 4 is 5.97 Å². The second-order valence-corrected chi connectivity index (χ2v) is 2.74. The van der Waals surface area contributed by atoms with Crippen molar-refractivity contribution in [1.82, 2.24) is 0 Å². The highest BCUT2D eigenvalue weighted by atomic mass is 16.4. The Morgan fingerprint density at radius 2 is 1.62 bits per heavy atom. The van der Waals surface area contributed by atoms with E-state index in [4.69, 9.17) is 5.11 Å². The second kappa shape index (κ2) is 11.8. The normalized spacial score (nSPS) is 8.06. The van der Waals surface area contributed by atoms with E-state index in [-0.39, 0.29) is 6.42 Å². The molecule has 0 aliphatic rings. The highest BCUT2D eigenvalue weighted by Crippen LogP contribution is 2.06. The van der Waals surface area contributed by atoms with Crippen molar-refractivity contribution in [1.29, 1.82) is 0 Å². The van der Waals surface area contributed by atoms with Crippen LogP contribution in [-0.4, -0.2) is 11.1 Å². The highest BCUT2D eigenvalue weighted by Gasteiger charge is 1.99. The fraction of sp³-hybridized carbons (Fsp3) is 0.500. The second-order valence-electron chi connectivity index (χ2n) is 2.74. The molecule has 2 nitrogen and oxygen atoms in total. The molecule has 2 heteroatoms. The fourth-order valence-electron chi connectivity index (χ4n) is 1.13. The minimum atomic E-state index is -0.775. The van der Waals surface area contributed by atoms with Crippen LogP contribution in [0.2, 0.25) is 0 Å². The van der Waals surface area contributed by atoms with Gasteiger partial charge in [0.2, 0.25) is 0 Å². The molecule has 0 saturated carbocycles. The number of carboxylic acid groups (broad SMARTS) is 1. The predicted octanol–water partition coefficient (Wildman–Crippen LogP) is 3.93. The van der Waals surface area contributed by atoms with Gasteiger partial charge in [0.25, 0.3) is 0 Å². The smallest absolute Gasteiger partial charge is 0.307 e. The van der Waals surface area contributed by atoms with E-state index in [1.165, 1.54) is 5.56 Å². The lowest BCUT2D eigenvalue weighted by molar-refractivity contribution is -0.136. The van der Waals surface area contributed by atoms with Gasteiger partial charge in [0, 0.05) is 0 Å². The minimum Gasteiger partial charge on any atom is -0.481 e. The first-order chi connectivity index (χ1) is 7.72. The van der Waals surface area contributed by atoms with Crippen molar-refractivity contribution in [3.63, 3.8) is 0 Å². The summed E-state index contributed by atoms with van der Waals surface area (Å²) in [6.07, 6.45) is 1.07. The van der Waals surface area contributed by atoms with E-state index in [0.29, 0.717) is 0 Å². The highest BCUT2D eigenvalue weighted by molar-refractivity contribution is 5.70. The lowest BCUT2D eigenvalue weighted by Crippen LogP contribution is -2.00. The van der Waals surface area contributed by atoms with E-state index >= 15 is 0 Å². The minimum absolute atomic E-state index is 0.119. The van der Waals surface area contributed by atoms with Crippen LogP contribution in [0.1, 0.15) is 45.7 Å². The molecular formula is C14H24O2. The van der Waals surface area contributed by atoms with Gasteiger partial charge in [-0.15, -0.1) is 0 Å². The number of benzene rings is 1. The molecule has 0 amide bonds. The zero-order valence-corrected chi connectivity index (χ0v) is 11.1. The zero-order valence-electron chi connectivity index (χ0n) is 11.1. The quantitative estimate of drug-likeness (QED) is 0.844. The summed E-state index contributed by atoms with van der Waals surface area (Å²) in [6, 6.07) is 7.68. The maximum atomic E-state index is 10.4. The predicted molar refractivity (Wildman–Crippen MR) is 69.9 cm³/mol. The van der Waals surface area contributed by atoms with Gasteiger partial charge in [0.15, 0.2) is 0 Å². The lowest BCUT2D eigenvalue weighted by atomic mass is 10.1. The van der Waals surface area contributed by atoms with Crippen molar-refractivity contribution in [2.45, 2.75) is 47.5 Å². The van der Waals surface area contributed by atoms with E-state index in [2.05, 4.69) is 6.92 Å². The Hall–Kier alpha value is -1.31. The van der Waals surface area contributed by atoms with Gasteiger partial charge in [-0.2, -0.15) is 0 Å². The molecule has 0 unspecified atom stereocenters. The third-order valence-corrected chi connectivity index (χ3v) is 1.75. The lowest BCUT2D eigenvalue weighted by Gasteiger charge is -1.99. The van der Waals surface area contributed by atoms with Crippen LogP contribution in [0.5, 0.6) is 0 Å². The molecule has 1 rings (SSSR count). The van der Waals surface area contributed by atoms with Gasteiger partial charge in [-0.05, 0) is 17.5 Å². The van der Waals surface area contributed by atoms with Gasteiger partial charge in [0.05, 0.1) is 6.42 Å². The average Bonchev–Trinajstić information content (AvgIpc) is 2.33. The molecule has 1 N–H and O–H groups in total. The van der Waals surface area contributed by atoms with E-state index in [0.717, 1.165) is 12.0 Å². The van der Waals surface area contributed by atoms with Gasteiger partial charge in [-0.25, -0.2) is 0 Å². The number of rotatable bonds is 3. The number of carboxylic acids is 1. The summed E-state index contributed by atoms with van der Waals surface area (Å²) in [5, 5.41) is 8.53. The Morgan fingerprint density at radius 3 is 2.06 bits per heavy atom. The topological polar surface area (TPSA) is 37.3 Å². The molecule has 0 atom stereocenters. The van der Waals surface area contributed by atoms with E-state index in [9.17, 15) is 4.79 Å². The number of carbonyl (C=O) groups is 1. The number of hydrogen-bond donors (Lipinski definition) is 1. The first kappa shape index (κ1) is 17.1. The van der Waals surface area contributed by atoms with Crippen LogP contribution < -0.4 is 0 Å². The Kier molecular flexibility index (Phi) is 12.6. The largest absolute Gasteiger partial charge is 0.481 e. The van der Waals surface area contributed by atoms with Crippen molar-refractivity contribution in [2.24, 2.45) is 0 Å². The van der Waals surface area contributed by atoms with Crippen molar-refractivity contribution in [3.8, 4) is 0 Å². The van der Waals surface area contributed by atoms with Gasteiger partial charge in [-0.3, -0.25) is 4.79 Å². The molecular weight excluding hydrogens is 200 g/mol. The van der Waals surface area contributed by atoms with E-state index in [1.807, 2.05) is 52.0 Å². The third kappa shape index (κ3) is 8.04. The standard InChI is InChI=1S/C10H12O2.2C2H6/c1-2-8-4-3-5-9(6-8)7-10(11)12;2*1-2/h3-6H,2,7H2,1H3,(H,11,12);2*1-2H3. The first-order valence-corrected chi connectivity index (χ1v) is 6.02. The van der Waals surface area contributed by atoms with Crippen LogP contribution >= 0.6 is 0 Å². The number of hydrogen-bond acceptors (Lipinski definition) is 1. The molecule has 0 aliphatic carbocycles. The molecule has 1 aromatic rings. The van der Waals surface area contributed by atoms with Crippen molar-refractivity contribution in [3.05, 3.63) is 35.4 Å². The van der Waals surface area contributed by atoms with Crippen LogP contribution in [0, 0.1) is 0 Å². The molecule has 0 aliphatic heterocycles. The van der Waals surface area contributed by atoms with Gasteiger partial charge in [0.1, 0.15) is 0 Å². The zero-order chi connectivity index (χ0) is 13.0. The molecule has 0 saturated heterocycles. The summed E-state index contributed by atoms with van der Waals surface area (Å²) in [4.78, 5) is 10.4. The monoisotopic (exact) mass is 224 g/mol. The van der Waals surface area contributed by atoms with Crippen LogP contribution in [-0.2, 0) is 17.6 Å². The average molecular weight is 224 g/mol. The molecule has 0 fully saturated rings. The Labute approximate surface area is 99.3 Å². The summed E-state index contributed by atoms with van der Waals surface area (Å²) in [7, 11) is 0. The molecule has 0 spiro atoms. The van der Waals surface area contributed by atoms with Crippen molar-refractivity contribution < 1.29 is 9.90 Å². The maximum absolute atomic E-state index is 10.4. The summed E-state index contributed by atoms with van der Waals surface area (Å²) >= 11 is 0. The Morgan fingerprint density at radius 1 is 1.12 bits per heavy atom. The summed E-state index contributed by atoms with van der Waals surface area (Å²) in [5.74, 6) is -0.775. The van der Waals surface area contributed by atoms with Gasteiger partial charge < -0.3 is 5.11 Å². The van der Waals surface area contributed by atoms with Crippen LogP contribution in [0.15, 0.2) is 24.3 Å². The van der Waals surface area contributed by atoms with E-state index in [1.54, 1.807) is 0 Å². The van der Waals surface area contributed by atoms with Crippen LogP contribution in [0.25, 0.3) is 0 Å².